The maximum Gasteiger partial charge on any atom is 0.360 e. The number of rotatable bonds is 7. The molecule has 0 atom stereocenters. The van der Waals surface area contributed by atoms with Crippen LogP contribution in [-0.4, -0.2) is 38.3 Å². The molecular weight excluding hydrogens is 539 g/mol. The zero-order valence-electron chi connectivity index (χ0n) is 21.2. The fraction of sp³-hybridized carbons (Fsp3) is 0.222. The van der Waals surface area contributed by atoms with Crippen molar-refractivity contribution in [3.05, 3.63) is 71.2 Å². The molecule has 1 saturated heterocycles. The van der Waals surface area contributed by atoms with Gasteiger partial charge in [-0.1, -0.05) is 0 Å². The van der Waals surface area contributed by atoms with Crippen LogP contribution in [0.4, 0.5) is 39.0 Å². The summed E-state index contributed by atoms with van der Waals surface area (Å²) in [5, 5.41) is 8.96. The summed E-state index contributed by atoms with van der Waals surface area (Å²) in [4.78, 5) is 17.3. The van der Waals surface area contributed by atoms with Gasteiger partial charge < -0.3 is 24.1 Å². The average molecular weight is 560 g/mol. The Morgan fingerprint density at radius 2 is 1.48 bits per heavy atom. The predicted molar refractivity (Wildman–Crippen MR) is 135 cm³/mol. The summed E-state index contributed by atoms with van der Waals surface area (Å²) in [7, 11) is 3.09. The molecule has 3 aromatic carbocycles. The number of nitrogens with zero attached hydrogens (tertiary/aromatic N) is 3. The number of azo groups is 1. The molecule has 1 fully saturated rings. The molecule has 13 heteroatoms. The number of carbonyl (C=O) groups excluding carboxylic acids is 1. The van der Waals surface area contributed by atoms with Gasteiger partial charge in [0.05, 0.1) is 25.6 Å². The first-order chi connectivity index (χ1) is 19.2. The number of aromatic amines is 1. The Hall–Kier alpha value is -4.68. The monoisotopic (exact) mass is 560 g/mol. The van der Waals surface area contributed by atoms with Crippen molar-refractivity contribution in [2.75, 3.05) is 32.2 Å². The van der Waals surface area contributed by atoms with Crippen molar-refractivity contribution in [3.63, 3.8) is 0 Å². The topological polar surface area (TPSA) is 88.5 Å². The molecule has 4 aromatic rings. The Morgan fingerprint density at radius 3 is 2.12 bits per heavy atom. The van der Waals surface area contributed by atoms with Crippen molar-refractivity contribution in [1.82, 2.24) is 4.98 Å². The zero-order valence-corrected chi connectivity index (χ0v) is 21.2. The van der Waals surface area contributed by atoms with Crippen LogP contribution < -0.4 is 19.1 Å². The smallest absolute Gasteiger partial charge is 0.360 e. The van der Waals surface area contributed by atoms with Crippen LogP contribution >= 0.6 is 0 Å². The molecule has 0 radical (unpaired) electrons. The maximum absolute atomic E-state index is 13.9. The van der Waals surface area contributed by atoms with E-state index in [0.29, 0.717) is 33.8 Å². The van der Waals surface area contributed by atoms with E-state index in [1.54, 1.807) is 31.4 Å². The van der Waals surface area contributed by atoms with Crippen LogP contribution in [0.15, 0.2) is 46.6 Å². The Kier molecular flexibility index (Phi) is 7.28. The summed E-state index contributed by atoms with van der Waals surface area (Å²) in [6, 6.07) is 9.55. The molecule has 208 valence electrons. The quantitative estimate of drug-likeness (QED) is 0.0650. The number of fused-ring (bicyclic) bond motifs is 1. The number of nitrogens with one attached hydrogen (secondary N) is 1. The average Bonchev–Trinajstić information content (AvgIpc) is 3.66. The Morgan fingerprint density at radius 1 is 0.825 bits per heavy atom. The first kappa shape index (κ1) is 26.9. The summed E-state index contributed by atoms with van der Waals surface area (Å²) in [6.45, 7) is 1.82. The van der Waals surface area contributed by atoms with Gasteiger partial charge in [0.2, 0.25) is 34.8 Å². The van der Waals surface area contributed by atoms with Crippen LogP contribution in [0.5, 0.6) is 17.2 Å². The lowest BCUT2D eigenvalue weighted by molar-refractivity contribution is 0.0711. The van der Waals surface area contributed by atoms with E-state index < -0.39 is 40.8 Å². The number of halogens is 5. The number of esters is 1. The van der Waals surface area contributed by atoms with E-state index in [9.17, 15) is 26.7 Å². The molecule has 0 saturated carbocycles. The van der Waals surface area contributed by atoms with E-state index >= 15 is 0 Å². The van der Waals surface area contributed by atoms with Gasteiger partial charge in [0.1, 0.15) is 22.9 Å². The number of hydrogen-bond donors (Lipinski definition) is 1. The summed E-state index contributed by atoms with van der Waals surface area (Å²) >= 11 is 0. The maximum atomic E-state index is 13.9. The van der Waals surface area contributed by atoms with Gasteiger partial charge in [-0.05, 0) is 37.1 Å². The van der Waals surface area contributed by atoms with Gasteiger partial charge in [0.15, 0.2) is 0 Å². The number of ether oxygens (including phenoxy) is 3. The lowest BCUT2D eigenvalue weighted by atomic mass is 10.2. The van der Waals surface area contributed by atoms with Crippen molar-refractivity contribution in [2.45, 2.75) is 12.8 Å². The van der Waals surface area contributed by atoms with Gasteiger partial charge >= 0.3 is 5.97 Å². The van der Waals surface area contributed by atoms with E-state index in [4.69, 9.17) is 9.47 Å². The number of aromatic nitrogens is 1. The van der Waals surface area contributed by atoms with Gasteiger partial charge in [0.25, 0.3) is 0 Å². The summed E-state index contributed by atoms with van der Waals surface area (Å²) in [5.74, 6) is -13.3. The molecule has 1 aliphatic rings. The Bertz CT molecular complexity index is 1620. The van der Waals surface area contributed by atoms with Crippen LogP contribution in [0.2, 0.25) is 0 Å². The molecule has 0 unspecified atom stereocenters. The third-order valence-electron chi connectivity index (χ3n) is 6.39. The lowest BCUT2D eigenvalue weighted by Crippen LogP contribution is -2.18. The number of hydrogen-bond acceptors (Lipinski definition) is 7. The number of H-pyrrole nitrogens is 1. The Labute approximate surface area is 224 Å². The first-order valence-corrected chi connectivity index (χ1v) is 12.0. The molecule has 0 amide bonds. The minimum atomic E-state index is -2.36. The second kappa shape index (κ2) is 10.8. The lowest BCUT2D eigenvalue weighted by Gasteiger charge is -2.21. The zero-order chi connectivity index (χ0) is 28.6. The number of anilines is 1. The molecule has 5 rings (SSSR count). The van der Waals surface area contributed by atoms with Crippen molar-refractivity contribution in [1.29, 1.82) is 0 Å². The second-order valence-corrected chi connectivity index (χ2v) is 8.83. The molecule has 0 bridgehead atoms. The number of carbonyl (C=O) groups is 1. The fourth-order valence-electron chi connectivity index (χ4n) is 4.37. The SMILES string of the molecule is COc1cc(N2CCCC2)c(OC)cc1N=Nc1ccc2[nH]c(C(=O)Oc3c(F)c(F)c(F)c(F)c3F)cc2c1. The third-order valence-corrected chi connectivity index (χ3v) is 6.39. The molecule has 1 aromatic heterocycles. The highest BCUT2D eigenvalue weighted by molar-refractivity contribution is 5.96. The minimum absolute atomic E-state index is 0.295. The van der Waals surface area contributed by atoms with Crippen molar-refractivity contribution >= 4 is 33.9 Å². The number of benzene rings is 3. The summed E-state index contributed by atoms with van der Waals surface area (Å²) < 4.78 is 83.5. The fourth-order valence-corrected chi connectivity index (χ4v) is 4.37. The van der Waals surface area contributed by atoms with Gasteiger partial charge in [-0.25, -0.2) is 18.0 Å². The minimum Gasteiger partial charge on any atom is -0.494 e. The molecule has 0 spiro atoms. The molecular formula is C27H21F5N4O4. The highest BCUT2D eigenvalue weighted by Crippen LogP contribution is 2.41. The van der Waals surface area contributed by atoms with E-state index in [-0.39, 0.29) is 5.69 Å². The normalized spacial score (nSPS) is 13.4. The standard InChI is InChI=1S/C27H21F5N4O4/c1-38-19-12-18(36-7-3-4-8-36)20(39-2)11-16(19)35-34-14-5-6-15-13(9-14)10-17(33-15)27(37)40-26-24(31)22(29)21(28)23(30)25(26)32/h5-6,9-12,33H,3-4,7-8H2,1-2H3. The highest BCUT2D eigenvalue weighted by atomic mass is 19.2. The van der Waals surface area contributed by atoms with Gasteiger partial charge in [-0.15, -0.1) is 5.11 Å². The van der Waals surface area contributed by atoms with E-state index in [1.165, 1.54) is 13.2 Å². The van der Waals surface area contributed by atoms with Crippen LogP contribution in [0, 0.1) is 29.1 Å². The van der Waals surface area contributed by atoms with Gasteiger partial charge in [0, 0.05) is 36.1 Å². The number of methoxy groups -OCH3 is 2. The van der Waals surface area contributed by atoms with Crippen LogP contribution in [-0.2, 0) is 0 Å². The molecule has 8 nitrogen and oxygen atoms in total. The summed E-state index contributed by atoms with van der Waals surface area (Å²) in [6.07, 6.45) is 2.18. The molecule has 1 aliphatic heterocycles. The molecule has 2 heterocycles. The first-order valence-electron chi connectivity index (χ1n) is 12.0. The predicted octanol–water partition coefficient (Wildman–Crippen LogP) is 7.12. The van der Waals surface area contributed by atoms with Crippen LogP contribution in [0.3, 0.4) is 0 Å². The summed E-state index contributed by atoms with van der Waals surface area (Å²) in [5.41, 5.74) is 1.82. The van der Waals surface area contributed by atoms with Gasteiger partial charge in [-0.2, -0.15) is 13.9 Å². The molecule has 1 N–H and O–H groups in total. The molecule has 40 heavy (non-hydrogen) atoms. The largest absolute Gasteiger partial charge is 0.494 e. The van der Waals surface area contributed by atoms with Crippen LogP contribution in [0.25, 0.3) is 10.9 Å². The highest BCUT2D eigenvalue weighted by Gasteiger charge is 2.29. The second-order valence-electron chi connectivity index (χ2n) is 8.83. The van der Waals surface area contributed by atoms with Crippen molar-refractivity contribution in [3.8, 4) is 17.2 Å². The van der Waals surface area contributed by atoms with E-state index in [1.807, 2.05) is 6.07 Å². The van der Waals surface area contributed by atoms with Crippen LogP contribution in [0.1, 0.15) is 23.3 Å². The molecule has 0 aliphatic carbocycles. The third kappa shape index (κ3) is 4.90. The Balaban J connectivity index is 1.40. The van der Waals surface area contributed by atoms with E-state index in [0.717, 1.165) is 31.6 Å². The van der Waals surface area contributed by atoms with E-state index in [2.05, 4.69) is 24.8 Å². The van der Waals surface area contributed by atoms with Crippen molar-refractivity contribution in [2.24, 2.45) is 10.2 Å². The van der Waals surface area contributed by atoms with Crippen molar-refractivity contribution < 1.29 is 41.0 Å². The van der Waals surface area contributed by atoms with Gasteiger partial charge in [-0.3, -0.25) is 0 Å².